The molecular formula is C12H17Cl. The van der Waals surface area contributed by atoms with Crippen molar-refractivity contribution in [3.05, 3.63) is 35.4 Å². The number of benzene rings is 1. The molecule has 0 fully saturated rings. The van der Waals surface area contributed by atoms with Crippen LogP contribution in [0.25, 0.3) is 0 Å². The van der Waals surface area contributed by atoms with Gasteiger partial charge >= 0.3 is 0 Å². The molecule has 0 heterocycles. The molecule has 0 aliphatic heterocycles. The highest BCUT2D eigenvalue weighted by Gasteiger charge is 2.18. The van der Waals surface area contributed by atoms with Gasteiger partial charge in [-0.2, -0.15) is 0 Å². The molecule has 0 amide bonds. The molecule has 0 nitrogen and oxygen atoms in total. The molecule has 1 rings (SSSR count). The number of halogens is 1. The smallest absolute Gasteiger partial charge is 0.0641 e. The second kappa shape index (κ2) is 4.15. The van der Waals surface area contributed by atoms with Crippen molar-refractivity contribution in [2.75, 3.05) is 0 Å². The van der Waals surface area contributed by atoms with Crippen molar-refractivity contribution in [3.63, 3.8) is 0 Å². The summed E-state index contributed by atoms with van der Waals surface area (Å²) in [6.45, 7) is 6.28. The lowest BCUT2D eigenvalue weighted by atomic mass is 9.94. The summed E-state index contributed by atoms with van der Waals surface area (Å²) in [5.41, 5.74) is 2.64. The highest BCUT2D eigenvalue weighted by Crippen LogP contribution is 2.30. The molecule has 72 valence electrons. The van der Waals surface area contributed by atoms with Gasteiger partial charge in [0.15, 0.2) is 0 Å². The highest BCUT2D eigenvalue weighted by molar-refractivity contribution is 6.23. The Bertz CT molecular complexity index is 271. The fourth-order valence-corrected chi connectivity index (χ4v) is 1.77. The summed E-state index contributed by atoms with van der Waals surface area (Å²) >= 11 is 6.30. The first-order valence-corrected chi connectivity index (χ1v) is 5.20. The van der Waals surface area contributed by atoms with Crippen LogP contribution in [-0.2, 0) is 11.3 Å². The maximum Gasteiger partial charge on any atom is 0.0641 e. The van der Waals surface area contributed by atoms with Crippen LogP contribution in [0, 0.1) is 0 Å². The van der Waals surface area contributed by atoms with Gasteiger partial charge in [-0.1, -0.05) is 37.6 Å². The summed E-state index contributed by atoms with van der Waals surface area (Å²) < 4.78 is 0. The third-order valence-corrected chi connectivity index (χ3v) is 2.38. The van der Waals surface area contributed by atoms with Crippen molar-refractivity contribution in [2.24, 2.45) is 0 Å². The van der Waals surface area contributed by atoms with Crippen LogP contribution in [0.4, 0.5) is 0 Å². The van der Waals surface area contributed by atoms with Gasteiger partial charge in [0.05, 0.1) is 4.87 Å². The molecule has 1 heteroatoms. The van der Waals surface area contributed by atoms with E-state index in [0.717, 1.165) is 6.42 Å². The normalized spacial score (nSPS) is 11.7. The minimum Gasteiger partial charge on any atom is -0.115 e. The van der Waals surface area contributed by atoms with E-state index in [2.05, 4.69) is 31.2 Å². The predicted octanol–water partition coefficient (Wildman–Crippen LogP) is 4.11. The second-order valence-corrected chi connectivity index (χ2v) is 4.82. The van der Waals surface area contributed by atoms with E-state index >= 15 is 0 Å². The molecule has 1 aromatic rings. The fraction of sp³-hybridized carbons (Fsp3) is 0.500. The molecular weight excluding hydrogens is 180 g/mol. The van der Waals surface area contributed by atoms with Gasteiger partial charge < -0.3 is 0 Å². The summed E-state index contributed by atoms with van der Waals surface area (Å²) in [5, 5.41) is 0. The Labute approximate surface area is 85.9 Å². The van der Waals surface area contributed by atoms with Crippen LogP contribution in [0.5, 0.6) is 0 Å². The fourth-order valence-electron chi connectivity index (χ4n) is 1.59. The molecule has 0 bridgehead atoms. The van der Waals surface area contributed by atoms with Crippen LogP contribution < -0.4 is 0 Å². The number of aryl methyl sites for hydroxylation is 1. The molecule has 0 saturated carbocycles. The first kappa shape index (κ1) is 10.6. The Morgan fingerprint density at radius 3 is 2.38 bits per heavy atom. The maximum atomic E-state index is 6.30. The van der Waals surface area contributed by atoms with E-state index < -0.39 is 0 Å². The zero-order chi connectivity index (χ0) is 9.90. The Hall–Kier alpha value is -0.490. The van der Waals surface area contributed by atoms with E-state index in [1.807, 2.05) is 13.8 Å². The van der Waals surface area contributed by atoms with E-state index in [0.29, 0.717) is 0 Å². The van der Waals surface area contributed by atoms with Crippen molar-refractivity contribution in [3.8, 4) is 0 Å². The molecule has 0 spiro atoms. The number of hydrogen-bond donors (Lipinski definition) is 0. The summed E-state index contributed by atoms with van der Waals surface area (Å²) in [6, 6.07) is 8.43. The average Bonchev–Trinajstić information content (AvgIpc) is 2.04. The Kier molecular flexibility index (Phi) is 3.38. The molecule has 0 atom stereocenters. The van der Waals surface area contributed by atoms with Crippen LogP contribution in [0.2, 0.25) is 0 Å². The lowest BCUT2D eigenvalue weighted by Crippen LogP contribution is -2.10. The molecule has 0 aliphatic carbocycles. The van der Waals surface area contributed by atoms with Gasteiger partial charge in [0.1, 0.15) is 0 Å². The zero-order valence-corrected chi connectivity index (χ0v) is 9.36. The molecule has 0 radical (unpaired) electrons. The standard InChI is InChI=1S/C12H17Cl/c1-4-7-10-8-5-6-9-11(10)12(2,3)13/h5-6,8-9H,4,7H2,1-3H3. The molecule has 1 aromatic carbocycles. The van der Waals surface area contributed by atoms with Crippen molar-refractivity contribution in [1.29, 1.82) is 0 Å². The molecule has 13 heavy (non-hydrogen) atoms. The van der Waals surface area contributed by atoms with Crippen LogP contribution in [0.15, 0.2) is 24.3 Å². The Morgan fingerprint density at radius 1 is 1.23 bits per heavy atom. The van der Waals surface area contributed by atoms with Gasteiger partial charge in [-0.3, -0.25) is 0 Å². The van der Waals surface area contributed by atoms with Gasteiger partial charge in [0.25, 0.3) is 0 Å². The highest BCUT2D eigenvalue weighted by atomic mass is 35.5. The first-order valence-electron chi connectivity index (χ1n) is 4.83. The van der Waals surface area contributed by atoms with Crippen molar-refractivity contribution >= 4 is 11.6 Å². The molecule has 0 aromatic heterocycles. The summed E-state index contributed by atoms with van der Waals surface area (Å²) in [5.74, 6) is 0. The van der Waals surface area contributed by atoms with Crippen molar-refractivity contribution in [1.82, 2.24) is 0 Å². The van der Waals surface area contributed by atoms with Crippen molar-refractivity contribution < 1.29 is 0 Å². The summed E-state index contributed by atoms with van der Waals surface area (Å²) in [7, 11) is 0. The van der Waals surface area contributed by atoms with Crippen LogP contribution in [0.3, 0.4) is 0 Å². The molecule has 0 aliphatic rings. The summed E-state index contributed by atoms with van der Waals surface area (Å²) in [6.07, 6.45) is 2.29. The van der Waals surface area contributed by atoms with Gasteiger partial charge in [0.2, 0.25) is 0 Å². The van der Waals surface area contributed by atoms with Crippen LogP contribution in [0.1, 0.15) is 38.3 Å². The minimum atomic E-state index is -0.244. The van der Waals surface area contributed by atoms with Gasteiger partial charge in [-0.25, -0.2) is 0 Å². The number of rotatable bonds is 3. The maximum absolute atomic E-state index is 6.30. The van der Waals surface area contributed by atoms with E-state index in [1.54, 1.807) is 0 Å². The Morgan fingerprint density at radius 2 is 1.85 bits per heavy atom. The molecule has 0 N–H and O–H groups in total. The monoisotopic (exact) mass is 196 g/mol. The van der Waals surface area contributed by atoms with Crippen LogP contribution >= 0.6 is 11.6 Å². The van der Waals surface area contributed by atoms with E-state index in [1.165, 1.54) is 17.5 Å². The number of alkyl halides is 1. The van der Waals surface area contributed by atoms with Gasteiger partial charge in [-0.05, 0) is 31.4 Å². The SMILES string of the molecule is CCCc1ccccc1C(C)(C)Cl. The lowest BCUT2D eigenvalue weighted by Gasteiger charge is -2.20. The largest absolute Gasteiger partial charge is 0.115 e. The topological polar surface area (TPSA) is 0 Å². The second-order valence-electron chi connectivity index (χ2n) is 3.88. The van der Waals surface area contributed by atoms with Crippen molar-refractivity contribution in [2.45, 2.75) is 38.5 Å². The first-order chi connectivity index (χ1) is 6.05. The van der Waals surface area contributed by atoms with E-state index in [-0.39, 0.29) is 4.87 Å². The third-order valence-electron chi connectivity index (χ3n) is 2.18. The zero-order valence-electron chi connectivity index (χ0n) is 8.60. The average molecular weight is 197 g/mol. The molecule has 0 unspecified atom stereocenters. The summed E-state index contributed by atoms with van der Waals surface area (Å²) in [4.78, 5) is -0.244. The van der Waals surface area contributed by atoms with E-state index in [9.17, 15) is 0 Å². The van der Waals surface area contributed by atoms with E-state index in [4.69, 9.17) is 11.6 Å². The third kappa shape index (κ3) is 2.73. The van der Waals surface area contributed by atoms with Gasteiger partial charge in [0, 0.05) is 0 Å². The Balaban J connectivity index is 3.05. The van der Waals surface area contributed by atoms with Gasteiger partial charge in [-0.15, -0.1) is 11.6 Å². The number of hydrogen-bond acceptors (Lipinski definition) is 0. The lowest BCUT2D eigenvalue weighted by molar-refractivity contribution is 0.743. The molecule has 0 saturated heterocycles. The minimum absolute atomic E-state index is 0.244. The quantitative estimate of drug-likeness (QED) is 0.639. The predicted molar refractivity (Wildman–Crippen MR) is 59.3 cm³/mol. The van der Waals surface area contributed by atoms with Crippen LogP contribution in [-0.4, -0.2) is 0 Å².